The van der Waals surface area contributed by atoms with Crippen LogP contribution < -0.4 is 10.1 Å². The van der Waals surface area contributed by atoms with E-state index in [2.05, 4.69) is 5.32 Å². The summed E-state index contributed by atoms with van der Waals surface area (Å²) in [5.74, 6) is -1.05. The molecule has 1 aliphatic heterocycles. The number of ether oxygens (including phenoxy) is 2. The van der Waals surface area contributed by atoms with Crippen LogP contribution in [0.4, 0.5) is 0 Å². The lowest BCUT2D eigenvalue weighted by molar-refractivity contribution is -0.124. The number of amides is 3. The lowest BCUT2D eigenvalue weighted by atomic mass is 10.1. The average molecular weight is 472 g/mol. The molecule has 8 heteroatoms. The normalized spacial score (nSPS) is 12.3. The summed E-state index contributed by atoms with van der Waals surface area (Å²) in [4.78, 5) is 50.4. The van der Waals surface area contributed by atoms with E-state index >= 15 is 0 Å². The van der Waals surface area contributed by atoms with Crippen LogP contribution in [0.15, 0.2) is 72.8 Å². The monoisotopic (exact) mass is 472 g/mol. The Labute approximate surface area is 202 Å². The van der Waals surface area contributed by atoms with Crippen molar-refractivity contribution in [1.29, 1.82) is 0 Å². The zero-order valence-corrected chi connectivity index (χ0v) is 19.2. The van der Waals surface area contributed by atoms with Crippen molar-refractivity contribution < 1.29 is 28.7 Å². The highest BCUT2D eigenvalue weighted by Crippen LogP contribution is 2.24. The van der Waals surface area contributed by atoms with Gasteiger partial charge in [0.15, 0.2) is 6.61 Å². The highest BCUT2D eigenvalue weighted by atomic mass is 16.5. The van der Waals surface area contributed by atoms with Gasteiger partial charge in [-0.25, -0.2) is 4.79 Å². The molecule has 0 radical (unpaired) electrons. The fraction of sp³-hybridized carbons (Fsp3) is 0.185. The van der Waals surface area contributed by atoms with Crippen molar-refractivity contribution >= 4 is 23.7 Å². The highest BCUT2D eigenvalue weighted by molar-refractivity contribution is 6.21. The van der Waals surface area contributed by atoms with Crippen molar-refractivity contribution in [3.63, 3.8) is 0 Å². The van der Waals surface area contributed by atoms with Crippen molar-refractivity contribution in [3.05, 3.63) is 101 Å². The van der Waals surface area contributed by atoms with Crippen LogP contribution in [0.1, 0.15) is 42.2 Å². The van der Waals surface area contributed by atoms with Gasteiger partial charge in [0.1, 0.15) is 12.4 Å². The highest BCUT2D eigenvalue weighted by Gasteiger charge is 2.34. The molecule has 0 atom stereocenters. The van der Waals surface area contributed by atoms with Crippen molar-refractivity contribution in [2.75, 3.05) is 19.8 Å². The maximum atomic E-state index is 12.5. The van der Waals surface area contributed by atoms with Gasteiger partial charge in [-0.05, 0) is 54.4 Å². The molecule has 8 nitrogen and oxygen atoms in total. The third-order valence-corrected chi connectivity index (χ3v) is 5.43. The van der Waals surface area contributed by atoms with Gasteiger partial charge < -0.3 is 14.8 Å². The smallest absolute Gasteiger partial charge is 0.338 e. The van der Waals surface area contributed by atoms with Crippen molar-refractivity contribution in [1.82, 2.24) is 10.2 Å². The molecular formula is C27H24N2O6. The van der Waals surface area contributed by atoms with Gasteiger partial charge >= 0.3 is 5.97 Å². The number of benzene rings is 3. The van der Waals surface area contributed by atoms with Crippen LogP contribution in [0.25, 0.3) is 0 Å². The largest absolute Gasteiger partial charge is 0.492 e. The summed E-state index contributed by atoms with van der Waals surface area (Å²) >= 11 is 0. The molecule has 1 N–H and O–H groups in total. The summed E-state index contributed by atoms with van der Waals surface area (Å²) < 4.78 is 10.6. The fourth-order valence-electron chi connectivity index (χ4n) is 3.64. The summed E-state index contributed by atoms with van der Waals surface area (Å²) in [7, 11) is 0. The lowest BCUT2D eigenvalue weighted by Gasteiger charge is -2.14. The van der Waals surface area contributed by atoms with E-state index < -0.39 is 18.5 Å². The number of nitrogens with zero attached hydrogens (tertiary/aromatic N) is 1. The van der Waals surface area contributed by atoms with Gasteiger partial charge in [0.25, 0.3) is 17.7 Å². The van der Waals surface area contributed by atoms with Crippen LogP contribution in [0.2, 0.25) is 0 Å². The first kappa shape index (κ1) is 23.7. The second-order valence-corrected chi connectivity index (χ2v) is 8.03. The maximum absolute atomic E-state index is 12.5. The van der Waals surface area contributed by atoms with Gasteiger partial charge in [-0.1, -0.05) is 36.4 Å². The molecule has 0 saturated carbocycles. The van der Waals surface area contributed by atoms with E-state index in [4.69, 9.17) is 9.47 Å². The first-order valence-corrected chi connectivity index (χ1v) is 11.1. The number of aryl methyl sites for hydroxylation is 1. The number of carbonyl (C=O) groups is 4. The van der Waals surface area contributed by atoms with Gasteiger partial charge in [-0.2, -0.15) is 0 Å². The van der Waals surface area contributed by atoms with E-state index in [1.165, 1.54) is 17.0 Å². The molecule has 0 saturated heterocycles. The zero-order valence-electron chi connectivity index (χ0n) is 19.2. The van der Waals surface area contributed by atoms with E-state index in [1.807, 2.05) is 31.2 Å². The Morgan fingerprint density at radius 2 is 1.57 bits per heavy atom. The molecule has 0 fully saturated rings. The Kier molecular flexibility index (Phi) is 7.21. The Hall–Kier alpha value is -4.46. The Bertz CT molecular complexity index is 1230. The first-order chi connectivity index (χ1) is 16.9. The predicted molar refractivity (Wildman–Crippen MR) is 127 cm³/mol. The van der Waals surface area contributed by atoms with Gasteiger partial charge in [-0.3, -0.25) is 19.3 Å². The molecule has 0 aromatic heterocycles. The molecule has 3 aromatic carbocycles. The third kappa shape index (κ3) is 5.73. The van der Waals surface area contributed by atoms with Crippen molar-refractivity contribution in [2.24, 2.45) is 0 Å². The molecule has 3 amide bonds. The predicted octanol–water partition coefficient (Wildman–Crippen LogP) is 3.14. The van der Waals surface area contributed by atoms with Crippen molar-refractivity contribution in [3.8, 4) is 5.75 Å². The van der Waals surface area contributed by atoms with Crippen LogP contribution in [0.3, 0.4) is 0 Å². The number of esters is 1. The van der Waals surface area contributed by atoms with Crippen LogP contribution in [0, 0.1) is 6.92 Å². The van der Waals surface area contributed by atoms with E-state index in [1.54, 1.807) is 36.4 Å². The summed E-state index contributed by atoms with van der Waals surface area (Å²) in [5, 5.41) is 2.63. The lowest BCUT2D eigenvalue weighted by Crippen LogP contribution is -2.32. The number of nitrogens with one attached hydrogen (secondary N) is 1. The van der Waals surface area contributed by atoms with Gasteiger partial charge in [-0.15, -0.1) is 0 Å². The molecule has 178 valence electrons. The molecule has 1 heterocycles. The van der Waals surface area contributed by atoms with Crippen molar-refractivity contribution in [2.45, 2.75) is 13.5 Å². The van der Waals surface area contributed by atoms with Gasteiger partial charge in [0.2, 0.25) is 0 Å². The maximum Gasteiger partial charge on any atom is 0.338 e. The molecule has 0 aliphatic carbocycles. The Morgan fingerprint density at radius 3 is 2.23 bits per heavy atom. The standard InChI is InChI=1S/C27H24N2O6/c1-18-5-4-6-21(15-18)34-14-13-28-24(30)17-35-27(33)20-11-9-19(10-12-20)16-29-25(31)22-7-2-3-8-23(22)26(29)32/h2-12,15H,13-14,16-17H2,1H3,(H,28,30). The van der Waals surface area contributed by atoms with Crippen LogP contribution in [-0.2, 0) is 16.1 Å². The van der Waals surface area contributed by atoms with Crippen LogP contribution >= 0.6 is 0 Å². The van der Waals surface area contributed by atoms with E-state index in [9.17, 15) is 19.2 Å². The molecule has 4 rings (SSSR count). The molecule has 0 bridgehead atoms. The molecule has 0 unspecified atom stereocenters. The van der Waals surface area contributed by atoms with Crippen LogP contribution in [0.5, 0.6) is 5.75 Å². The number of hydrogen-bond acceptors (Lipinski definition) is 6. The van der Waals surface area contributed by atoms with Gasteiger partial charge in [0.05, 0.1) is 29.8 Å². The summed E-state index contributed by atoms with van der Waals surface area (Å²) in [5.41, 5.74) is 2.79. The minimum atomic E-state index is -0.650. The molecular weight excluding hydrogens is 448 g/mol. The topological polar surface area (TPSA) is 102 Å². The molecule has 0 spiro atoms. The second kappa shape index (κ2) is 10.6. The average Bonchev–Trinajstić information content (AvgIpc) is 3.10. The third-order valence-electron chi connectivity index (χ3n) is 5.43. The Balaban J connectivity index is 1.21. The van der Waals surface area contributed by atoms with Crippen LogP contribution in [-0.4, -0.2) is 48.3 Å². The zero-order chi connectivity index (χ0) is 24.8. The summed E-state index contributed by atoms with van der Waals surface area (Å²) in [6.45, 7) is 2.20. The summed E-state index contributed by atoms with van der Waals surface area (Å²) in [6, 6.07) is 20.6. The molecule has 1 aliphatic rings. The summed E-state index contributed by atoms with van der Waals surface area (Å²) in [6.07, 6.45) is 0. The number of hydrogen-bond donors (Lipinski definition) is 1. The first-order valence-electron chi connectivity index (χ1n) is 11.1. The minimum Gasteiger partial charge on any atom is -0.492 e. The Morgan fingerprint density at radius 1 is 0.886 bits per heavy atom. The molecule has 35 heavy (non-hydrogen) atoms. The number of carbonyl (C=O) groups excluding carboxylic acids is 4. The van der Waals surface area contributed by atoms with E-state index in [0.29, 0.717) is 16.7 Å². The second-order valence-electron chi connectivity index (χ2n) is 8.03. The minimum absolute atomic E-state index is 0.0920. The number of fused-ring (bicyclic) bond motifs is 1. The van der Waals surface area contributed by atoms with E-state index in [-0.39, 0.29) is 37.1 Å². The van der Waals surface area contributed by atoms with Gasteiger partial charge in [0, 0.05) is 0 Å². The quantitative estimate of drug-likeness (QED) is 0.292. The number of rotatable bonds is 9. The molecule has 3 aromatic rings. The number of imide groups is 1. The SMILES string of the molecule is Cc1cccc(OCCNC(=O)COC(=O)c2ccc(CN3C(=O)c4ccccc4C3=O)cc2)c1. The van der Waals surface area contributed by atoms with E-state index in [0.717, 1.165) is 11.3 Å². The fourth-order valence-corrected chi connectivity index (χ4v) is 3.64.